The number of primary amides is 1. The van der Waals surface area contributed by atoms with E-state index in [2.05, 4.69) is 19.1 Å². The quantitative estimate of drug-likeness (QED) is 0.208. The molecule has 0 rings (SSSR count). The van der Waals surface area contributed by atoms with E-state index in [-0.39, 0.29) is 12.0 Å². The second-order valence-electron chi connectivity index (χ2n) is 6.12. The van der Waals surface area contributed by atoms with Crippen molar-refractivity contribution in [2.45, 2.75) is 96.5 Å². The number of carbonyl (C=O) groups is 1. The van der Waals surface area contributed by atoms with Gasteiger partial charge in [-0.15, -0.1) is 0 Å². The summed E-state index contributed by atoms with van der Waals surface area (Å²) >= 11 is 0. The monoisotopic (exact) mass is 343 g/mol. The van der Waals surface area contributed by atoms with E-state index >= 15 is 0 Å². The highest BCUT2D eigenvalue weighted by Gasteiger charge is 2.00. The van der Waals surface area contributed by atoms with Crippen LogP contribution in [0.3, 0.4) is 0 Å². The number of rotatable bonds is 15. The summed E-state index contributed by atoms with van der Waals surface area (Å²) in [4.78, 5) is 10.6. The van der Waals surface area contributed by atoms with E-state index in [1.807, 2.05) is 0 Å². The molecule has 0 aromatic rings. The van der Waals surface area contributed by atoms with Gasteiger partial charge in [-0.05, 0) is 32.1 Å². The number of hydrogen-bond acceptors (Lipinski definition) is 4. The van der Waals surface area contributed by atoms with Crippen molar-refractivity contribution in [1.82, 2.24) is 0 Å². The molecule has 0 bridgehead atoms. The molecular formula is C18H38BNO4. The molecule has 0 aliphatic carbocycles. The van der Waals surface area contributed by atoms with Gasteiger partial charge in [-0.3, -0.25) is 4.79 Å². The van der Waals surface area contributed by atoms with Crippen molar-refractivity contribution in [2.75, 3.05) is 0 Å². The van der Waals surface area contributed by atoms with Crippen LogP contribution in [0.5, 0.6) is 0 Å². The summed E-state index contributed by atoms with van der Waals surface area (Å²) in [7, 11) is -0.750. The second kappa shape index (κ2) is 22.2. The molecule has 6 heteroatoms. The van der Waals surface area contributed by atoms with Gasteiger partial charge in [-0.1, -0.05) is 64.0 Å². The van der Waals surface area contributed by atoms with E-state index in [1.165, 1.54) is 38.5 Å². The smallest absolute Gasteiger partial charge is 0.430 e. The predicted octanol–water partition coefficient (Wildman–Crippen LogP) is 2.72. The van der Waals surface area contributed by atoms with Gasteiger partial charge in [0.2, 0.25) is 5.91 Å². The van der Waals surface area contributed by atoms with Gasteiger partial charge in [0.05, 0.1) is 6.10 Å². The molecule has 0 radical (unpaired) electrons. The summed E-state index contributed by atoms with van der Waals surface area (Å²) in [5, 5.41) is 24.1. The third-order valence-electron chi connectivity index (χ3n) is 3.76. The Labute approximate surface area is 148 Å². The van der Waals surface area contributed by atoms with Crippen LogP contribution in [0.2, 0.25) is 0 Å². The zero-order chi connectivity index (χ0) is 18.5. The van der Waals surface area contributed by atoms with Crippen molar-refractivity contribution in [1.29, 1.82) is 0 Å². The fraction of sp³-hybridized carbons (Fsp3) is 0.833. The molecule has 0 saturated heterocycles. The maximum Gasteiger partial charge on any atom is 0.432 e. The number of amides is 1. The normalized spacial score (nSPS) is 11.8. The molecular weight excluding hydrogens is 305 g/mol. The van der Waals surface area contributed by atoms with E-state index in [0.29, 0.717) is 6.42 Å². The molecule has 0 saturated carbocycles. The Bertz CT molecular complexity index is 288. The minimum Gasteiger partial charge on any atom is -0.430 e. The summed E-state index contributed by atoms with van der Waals surface area (Å²) in [5.74, 6) is -0.189. The Morgan fingerprint density at radius 2 is 1.58 bits per heavy atom. The van der Waals surface area contributed by atoms with E-state index in [0.717, 1.165) is 38.5 Å². The van der Waals surface area contributed by atoms with Crippen LogP contribution in [-0.2, 0) is 4.79 Å². The number of unbranched alkanes of at least 4 members (excludes halogenated alkanes) is 8. The van der Waals surface area contributed by atoms with Gasteiger partial charge in [-0.25, -0.2) is 0 Å². The Kier molecular flexibility index (Phi) is 23.4. The van der Waals surface area contributed by atoms with Crippen LogP contribution >= 0.6 is 0 Å². The van der Waals surface area contributed by atoms with Crippen molar-refractivity contribution in [3.8, 4) is 0 Å². The average Bonchev–Trinajstić information content (AvgIpc) is 2.54. The topological polar surface area (TPSA) is 104 Å². The van der Waals surface area contributed by atoms with Crippen molar-refractivity contribution in [3.05, 3.63) is 12.2 Å². The van der Waals surface area contributed by atoms with Crippen LogP contribution in [0.15, 0.2) is 12.2 Å². The number of aliphatic hydroxyl groups excluding tert-OH is 1. The summed E-state index contributed by atoms with van der Waals surface area (Å²) in [6.45, 7) is 2.21. The lowest BCUT2D eigenvalue weighted by molar-refractivity contribution is -0.118. The summed E-state index contributed by atoms with van der Waals surface area (Å²) in [5.41, 5.74) is 5.09. The maximum atomic E-state index is 10.6. The van der Waals surface area contributed by atoms with Gasteiger partial charge >= 0.3 is 7.69 Å². The van der Waals surface area contributed by atoms with Crippen molar-refractivity contribution < 1.29 is 19.9 Å². The Hall–Kier alpha value is -0.845. The first-order valence-electron chi connectivity index (χ1n) is 9.41. The number of nitrogens with two attached hydrogens (primary N) is 1. The van der Waals surface area contributed by atoms with Gasteiger partial charge < -0.3 is 20.9 Å². The summed E-state index contributed by atoms with van der Waals surface area (Å²) < 4.78 is 0. The van der Waals surface area contributed by atoms with Crippen molar-refractivity contribution in [2.24, 2.45) is 5.73 Å². The van der Waals surface area contributed by atoms with Crippen LogP contribution in [0.1, 0.15) is 90.4 Å². The third kappa shape index (κ3) is 26.1. The SMILES string of the molecule is CCCCCCC(O)C/C=C\CCCCCCCC(N)=O.OBO. The first kappa shape index (κ1) is 25.4. The molecule has 1 amide bonds. The maximum absolute atomic E-state index is 10.6. The van der Waals surface area contributed by atoms with Crippen LogP contribution in [0.4, 0.5) is 0 Å². The van der Waals surface area contributed by atoms with Gasteiger partial charge in [-0.2, -0.15) is 0 Å². The molecule has 24 heavy (non-hydrogen) atoms. The molecule has 0 aromatic heterocycles. The molecule has 0 heterocycles. The lowest BCUT2D eigenvalue weighted by Crippen LogP contribution is -2.09. The molecule has 5 N–H and O–H groups in total. The van der Waals surface area contributed by atoms with Gasteiger partial charge in [0, 0.05) is 6.42 Å². The average molecular weight is 343 g/mol. The molecule has 0 fully saturated rings. The highest BCUT2D eigenvalue weighted by molar-refractivity contribution is 6.13. The number of aliphatic hydroxyl groups is 1. The lowest BCUT2D eigenvalue weighted by atomic mass is 10.1. The summed E-state index contributed by atoms with van der Waals surface area (Å²) in [6.07, 6.45) is 18.0. The van der Waals surface area contributed by atoms with Crippen LogP contribution < -0.4 is 5.73 Å². The van der Waals surface area contributed by atoms with E-state index in [9.17, 15) is 9.90 Å². The van der Waals surface area contributed by atoms with Crippen LogP contribution in [0.25, 0.3) is 0 Å². The molecule has 5 nitrogen and oxygen atoms in total. The first-order valence-corrected chi connectivity index (χ1v) is 9.41. The zero-order valence-corrected chi connectivity index (χ0v) is 15.5. The number of allylic oxidation sites excluding steroid dienone is 1. The van der Waals surface area contributed by atoms with Crippen LogP contribution in [0, 0.1) is 0 Å². The van der Waals surface area contributed by atoms with E-state index < -0.39 is 7.69 Å². The van der Waals surface area contributed by atoms with Gasteiger partial charge in [0.25, 0.3) is 0 Å². The summed E-state index contributed by atoms with van der Waals surface area (Å²) in [6, 6.07) is 0. The Morgan fingerprint density at radius 1 is 1.00 bits per heavy atom. The van der Waals surface area contributed by atoms with E-state index in [1.54, 1.807) is 0 Å². The molecule has 0 aliphatic heterocycles. The second-order valence-corrected chi connectivity index (χ2v) is 6.12. The third-order valence-corrected chi connectivity index (χ3v) is 3.76. The Balaban J connectivity index is 0. The Morgan fingerprint density at radius 3 is 2.21 bits per heavy atom. The van der Waals surface area contributed by atoms with E-state index in [4.69, 9.17) is 15.8 Å². The fourth-order valence-electron chi connectivity index (χ4n) is 2.39. The largest absolute Gasteiger partial charge is 0.432 e. The molecule has 142 valence electrons. The highest BCUT2D eigenvalue weighted by atomic mass is 16.4. The fourth-order valence-corrected chi connectivity index (χ4v) is 2.39. The predicted molar refractivity (Wildman–Crippen MR) is 102 cm³/mol. The molecule has 0 aliphatic rings. The van der Waals surface area contributed by atoms with Gasteiger partial charge in [0.1, 0.15) is 0 Å². The number of hydrogen-bond donors (Lipinski definition) is 4. The number of carbonyl (C=O) groups excluding carboxylic acids is 1. The minimum absolute atomic E-state index is 0.160. The molecule has 1 unspecified atom stereocenters. The highest BCUT2D eigenvalue weighted by Crippen LogP contribution is 2.10. The lowest BCUT2D eigenvalue weighted by Gasteiger charge is -2.07. The van der Waals surface area contributed by atoms with Gasteiger partial charge in [0.15, 0.2) is 0 Å². The molecule has 0 aromatic carbocycles. The molecule has 0 spiro atoms. The zero-order valence-electron chi connectivity index (χ0n) is 15.5. The van der Waals surface area contributed by atoms with Crippen molar-refractivity contribution in [3.63, 3.8) is 0 Å². The first-order chi connectivity index (χ1) is 11.6. The van der Waals surface area contributed by atoms with Crippen LogP contribution in [-0.4, -0.2) is 34.9 Å². The standard InChI is InChI=1S/C18H35NO2.BH3O2/c1-2-3-4-11-14-17(20)15-12-9-7-5-6-8-10-13-16-18(19)21;2-1-3/h9,12,17,20H,2-8,10-11,13-16H2,1H3,(H2,19,21);1-3H/b12-9-;. The molecule has 1 atom stereocenters. The van der Waals surface area contributed by atoms with Crippen molar-refractivity contribution >= 4 is 13.6 Å². The minimum atomic E-state index is -0.750.